The van der Waals surface area contributed by atoms with E-state index in [-0.39, 0.29) is 5.78 Å². The molecule has 0 aliphatic heterocycles. The summed E-state index contributed by atoms with van der Waals surface area (Å²) in [5.41, 5.74) is 1.95. The highest BCUT2D eigenvalue weighted by Gasteiger charge is 2.22. The summed E-state index contributed by atoms with van der Waals surface area (Å²) >= 11 is 0. The van der Waals surface area contributed by atoms with Crippen LogP contribution >= 0.6 is 0 Å². The number of methoxy groups -OCH3 is 1. The van der Waals surface area contributed by atoms with Gasteiger partial charge in [-0.15, -0.1) is 0 Å². The van der Waals surface area contributed by atoms with Gasteiger partial charge in [-0.05, 0) is 23.1 Å². The molecule has 1 aliphatic rings. The maximum atomic E-state index is 11.7. The maximum Gasteiger partial charge on any atom is 0.167 e. The van der Waals surface area contributed by atoms with Crippen molar-refractivity contribution in [1.29, 1.82) is 0 Å². The SMILES string of the molecule is COc1ccc2c3c(cccc13)CC2=O. The quantitative estimate of drug-likeness (QED) is 0.704. The molecule has 2 heteroatoms. The summed E-state index contributed by atoms with van der Waals surface area (Å²) in [6, 6.07) is 9.71. The molecule has 0 saturated carbocycles. The van der Waals surface area contributed by atoms with E-state index in [1.165, 1.54) is 0 Å². The zero-order valence-electron chi connectivity index (χ0n) is 8.41. The Bertz CT molecular complexity index is 570. The van der Waals surface area contributed by atoms with Gasteiger partial charge in [0.1, 0.15) is 5.75 Å². The number of carbonyl (C=O) groups is 1. The summed E-state index contributed by atoms with van der Waals surface area (Å²) in [4.78, 5) is 11.7. The fourth-order valence-electron chi connectivity index (χ4n) is 2.28. The van der Waals surface area contributed by atoms with Crippen LogP contribution < -0.4 is 4.74 Å². The van der Waals surface area contributed by atoms with Gasteiger partial charge in [-0.2, -0.15) is 0 Å². The molecule has 0 fully saturated rings. The van der Waals surface area contributed by atoms with E-state index in [9.17, 15) is 4.79 Å². The van der Waals surface area contributed by atoms with Gasteiger partial charge in [0.25, 0.3) is 0 Å². The fraction of sp³-hybridized carbons (Fsp3) is 0.154. The first-order chi connectivity index (χ1) is 7.31. The highest BCUT2D eigenvalue weighted by Crippen LogP contribution is 2.35. The predicted octanol–water partition coefficient (Wildman–Crippen LogP) is 2.59. The summed E-state index contributed by atoms with van der Waals surface area (Å²) in [5, 5.41) is 2.11. The topological polar surface area (TPSA) is 26.3 Å². The van der Waals surface area contributed by atoms with Crippen molar-refractivity contribution in [3.63, 3.8) is 0 Å². The summed E-state index contributed by atoms with van der Waals surface area (Å²) in [6.45, 7) is 0. The molecule has 0 aromatic heterocycles. The molecule has 0 N–H and O–H groups in total. The van der Waals surface area contributed by atoms with E-state index in [0.717, 1.165) is 27.6 Å². The van der Waals surface area contributed by atoms with Crippen molar-refractivity contribution in [2.45, 2.75) is 6.42 Å². The number of benzene rings is 2. The minimum Gasteiger partial charge on any atom is -0.496 e. The molecule has 0 bridgehead atoms. The standard InChI is InChI=1S/C13H10O2/c1-15-12-6-5-9-11(14)7-8-3-2-4-10(12)13(8)9/h2-6H,7H2,1H3. The maximum absolute atomic E-state index is 11.7. The van der Waals surface area contributed by atoms with Gasteiger partial charge in [-0.1, -0.05) is 18.2 Å². The Balaban J connectivity index is 2.50. The predicted molar refractivity (Wildman–Crippen MR) is 58.5 cm³/mol. The molecular formula is C13H10O2. The third-order valence-electron chi connectivity index (χ3n) is 2.96. The molecule has 2 aromatic carbocycles. The van der Waals surface area contributed by atoms with E-state index >= 15 is 0 Å². The summed E-state index contributed by atoms with van der Waals surface area (Å²) in [5.74, 6) is 1.05. The van der Waals surface area contributed by atoms with Crippen LogP contribution in [0.15, 0.2) is 30.3 Å². The second-order valence-corrected chi connectivity index (χ2v) is 3.76. The van der Waals surface area contributed by atoms with Crippen LogP contribution in [0.4, 0.5) is 0 Å². The Labute approximate surface area is 87.5 Å². The van der Waals surface area contributed by atoms with Crippen molar-refractivity contribution in [2.75, 3.05) is 7.11 Å². The number of carbonyl (C=O) groups excluding carboxylic acids is 1. The molecule has 2 nitrogen and oxygen atoms in total. The van der Waals surface area contributed by atoms with Crippen LogP contribution in [-0.4, -0.2) is 12.9 Å². The number of hydrogen-bond donors (Lipinski definition) is 0. The lowest BCUT2D eigenvalue weighted by molar-refractivity contribution is 0.1000. The fourth-order valence-corrected chi connectivity index (χ4v) is 2.28. The molecule has 74 valence electrons. The van der Waals surface area contributed by atoms with Crippen molar-refractivity contribution < 1.29 is 9.53 Å². The lowest BCUT2D eigenvalue weighted by Crippen LogP contribution is -1.93. The van der Waals surface area contributed by atoms with Crippen LogP contribution in [0.2, 0.25) is 0 Å². The Kier molecular flexibility index (Phi) is 1.60. The molecular weight excluding hydrogens is 188 g/mol. The third-order valence-corrected chi connectivity index (χ3v) is 2.96. The molecule has 0 atom stereocenters. The van der Waals surface area contributed by atoms with Crippen molar-refractivity contribution in [3.05, 3.63) is 41.5 Å². The van der Waals surface area contributed by atoms with Gasteiger partial charge in [0, 0.05) is 17.4 Å². The normalized spacial score (nSPS) is 13.5. The largest absolute Gasteiger partial charge is 0.496 e. The molecule has 0 amide bonds. The van der Waals surface area contributed by atoms with E-state index in [1.54, 1.807) is 7.11 Å². The van der Waals surface area contributed by atoms with E-state index in [1.807, 2.05) is 30.3 Å². The van der Waals surface area contributed by atoms with Gasteiger partial charge in [0.2, 0.25) is 0 Å². The van der Waals surface area contributed by atoms with Gasteiger partial charge < -0.3 is 4.74 Å². The molecule has 0 saturated heterocycles. The van der Waals surface area contributed by atoms with Crippen LogP contribution in [0.1, 0.15) is 15.9 Å². The van der Waals surface area contributed by atoms with Crippen LogP contribution in [0.25, 0.3) is 10.8 Å². The summed E-state index contributed by atoms with van der Waals surface area (Å²) in [6.07, 6.45) is 0.528. The monoisotopic (exact) mass is 198 g/mol. The van der Waals surface area contributed by atoms with E-state index in [4.69, 9.17) is 4.74 Å². The first kappa shape index (κ1) is 8.48. The molecule has 0 unspecified atom stereocenters. The first-order valence-electron chi connectivity index (χ1n) is 4.93. The minimum absolute atomic E-state index is 0.212. The summed E-state index contributed by atoms with van der Waals surface area (Å²) < 4.78 is 5.29. The molecule has 15 heavy (non-hydrogen) atoms. The zero-order valence-corrected chi connectivity index (χ0v) is 8.41. The molecule has 3 rings (SSSR count). The van der Waals surface area contributed by atoms with Gasteiger partial charge in [-0.3, -0.25) is 4.79 Å². The van der Waals surface area contributed by atoms with Crippen molar-refractivity contribution in [2.24, 2.45) is 0 Å². The second-order valence-electron chi connectivity index (χ2n) is 3.76. The van der Waals surface area contributed by atoms with Gasteiger partial charge in [0.05, 0.1) is 7.11 Å². The van der Waals surface area contributed by atoms with Crippen molar-refractivity contribution >= 4 is 16.6 Å². The zero-order chi connectivity index (χ0) is 10.4. The van der Waals surface area contributed by atoms with Crippen LogP contribution in [-0.2, 0) is 6.42 Å². The Hall–Kier alpha value is -1.83. The van der Waals surface area contributed by atoms with Crippen molar-refractivity contribution in [1.82, 2.24) is 0 Å². The smallest absolute Gasteiger partial charge is 0.167 e. The minimum atomic E-state index is 0.212. The van der Waals surface area contributed by atoms with Gasteiger partial charge in [0.15, 0.2) is 5.78 Å². The van der Waals surface area contributed by atoms with E-state index in [0.29, 0.717) is 6.42 Å². The number of ketones is 1. The highest BCUT2D eigenvalue weighted by molar-refractivity contribution is 6.16. The first-order valence-corrected chi connectivity index (χ1v) is 4.93. The average Bonchev–Trinajstić information content (AvgIpc) is 2.58. The average molecular weight is 198 g/mol. The third kappa shape index (κ3) is 1.02. The lowest BCUT2D eigenvalue weighted by Gasteiger charge is -2.06. The number of rotatable bonds is 1. The molecule has 2 aromatic rings. The highest BCUT2D eigenvalue weighted by atomic mass is 16.5. The number of hydrogen-bond acceptors (Lipinski definition) is 2. The van der Waals surface area contributed by atoms with Crippen LogP contribution in [0, 0.1) is 0 Å². The number of Topliss-reactive ketones (excluding diaryl/α,β-unsaturated/α-hetero) is 1. The van der Waals surface area contributed by atoms with Gasteiger partial charge in [-0.25, -0.2) is 0 Å². The van der Waals surface area contributed by atoms with Crippen LogP contribution in [0.3, 0.4) is 0 Å². The number of ether oxygens (including phenoxy) is 1. The Morgan fingerprint density at radius 1 is 1.20 bits per heavy atom. The van der Waals surface area contributed by atoms with Crippen LogP contribution in [0.5, 0.6) is 5.75 Å². The van der Waals surface area contributed by atoms with Gasteiger partial charge >= 0.3 is 0 Å². The lowest BCUT2D eigenvalue weighted by atomic mass is 10.0. The Morgan fingerprint density at radius 2 is 2.07 bits per heavy atom. The molecule has 1 aliphatic carbocycles. The van der Waals surface area contributed by atoms with E-state index < -0.39 is 0 Å². The molecule has 0 spiro atoms. The summed E-state index contributed by atoms with van der Waals surface area (Å²) in [7, 11) is 1.65. The molecule has 0 heterocycles. The Morgan fingerprint density at radius 3 is 2.87 bits per heavy atom. The molecule has 0 radical (unpaired) electrons. The van der Waals surface area contributed by atoms with Crippen molar-refractivity contribution in [3.8, 4) is 5.75 Å². The second kappa shape index (κ2) is 2.83. The van der Waals surface area contributed by atoms with E-state index in [2.05, 4.69) is 0 Å².